The Kier molecular flexibility index (Phi) is 6.47. The highest BCUT2D eigenvalue weighted by Gasteiger charge is 2.20. The van der Waals surface area contributed by atoms with E-state index in [-0.39, 0.29) is 5.03 Å². The predicted molar refractivity (Wildman–Crippen MR) is 115 cm³/mol. The van der Waals surface area contributed by atoms with Crippen LogP contribution in [0, 0.1) is 13.8 Å². The number of nitrogens with two attached hydrogens (primary N) is 1. The molecule has 0 spiro atoms. The highest BCUT2D eigenvalue weighted by Crippen LogP contribution is 2.15. The summed E-state index contributed by atoms with van der Waals surface area (Å²) >= 11 is 0. The van der Waals surface area contributed by atoms with Crippen molar-refractivity contribution in [2.45, 2.75) is 58.4 Å². The summed E-state index contributed by atoms with van der Waals surface area (Å²) in [6, 6.07) is 7.66. The maximum absolute atomic E-state index is 11.5. The highest BCUT2D eigenvalue weighted by molar-refractivity contribution is 7.89. The van der Waals surface area contributed by atoms with E-state index in [1.54, 1.807) is 13.0 Å². The Morgan fingerprint density at radius 1 is 0.900 bits per heavy atom. The average Bonchev–Trinajstić information content (AvgIpc) is 3.19. The van der Waals surface area contributed by atoms with Gasteiger partial charge in [-0.15, -0.1) is 0 Å². The first-order valence-electron chi connectivity index (χ1n) is 9.93. The normalized spacial score (nSPS) is 11.6. The summed E-state index contributed by atoms with van der Waals surface area (Å²) in [5.41, 5.74) is 4.76. The van der Waals surface area contributed by atoms with Crippen LogP contribution in [0.4, 0.5) is 0 Å². The van der Waals surface area contributed by atoms with Crippen LogP contribution in [0.2, 0.25) is 0 Å². The highest BCUT2D eigenvalue weighted by atomic mass is 32.2. The molecule has 4 rings (SSSR count). The van der Waals surface area contributed by atoms with E-state index >= 15 is 0 Å². The van der Waals surface area contributed by atoms with Gasteiger partial charge in [0.15, 0.2) is 16.3 Å². The first kappa shape index (κ1) is 21.8. The molecule has 0 bridgehead atoms. The number of rotatable bonds is 5. The van der Waals surface area contributed by atoms with E-state index in [0.717, 1.165) is 48.4 Å². The standard InChI is InChI=1S/C10H14N4O2S.C10H13N3/c1-3-4-8-5-6-9-12-7(2)10(14(9)13-8)17(11,15)16;1-3-4-9-5-6-10-11-8(2)7-13(10)12-9/h5-6H,3-4H2,1-2H3,(H2,11,15,16);5-7H,3-4H2,1-2H3. The van der Waals surface area contributed by atoms with Gasteiger partial charge in [-0.2, -0.15) is 10.2 Å². The summed E-state index contributed by atoms with van der Waals surface area (Å²) in [5.74, 6) is 0. The summed E-state index contributed by atoms with van der Waals surface area (Å²) < 4.78 is 26.1. The van der Waals surface area contributed by atoms with Gasteiger partial charge in [0, 0.05) is 0 Å². The van der Waals surface area contributed by atoms with E-state index in [9.17, 15) is 8.42 Å². The topological polar surface area (TPSA) is 121 Å². The smallest absolute Gasteiger partial charge is 0.232 e. The molecule has 0 aromatic carbocycles. The zero-order valence-corrected chi connectivity index (χ0v) is 18.5. The fourth-order valence-corrected chi connectivity index (χ4v) is 4.04. The maximum atomic E-state index is 11.5. The molecular weight excluding hydrogens is 402 g/mol. The maximum Gasteiger partial charge on any atom is 0.257 e. The molecule has 0 radical (unpaired) electrons. The van der Waals surface area contributed by atoms with Crippen molar-refractivity contribution in [2.75, 3.05) is 0 Å². The van der Waals surface area contributed by atoms with Crippen LogP contribution in [-0.2, 0) is 22.9 Å². The lowest BCUT2D eigenvalue weighted by molar-refractivity contribution is 0.588. The minimum atomic E-state index is -3.81. The third kappa shape index (κ3) is 4.82. The molecule has 30 heavy (non-hydrogen) atoms. The van der Waals surface area contributed by atoms with E-state index in [2.05, 4.69) is 27.1 Å². The molecule has 0 aliphatic heterocycles. The van der Waals surface area contributed by atoms with Crippen LogP contribution in [0.25, 0.3) is 11.3 Å². The van der Waals surface area contributed by atoms with Crippen LogP contribution in [0.5, 0.6) is 0 Å². The largest absolute Gasteiger partial charge is 0.257 e. The lowest BCUT2D eigenvalue weighted by Crippen LogP contribution is -2.17. The van der Waals surface area contributed by atoms with E-state index in [0.29, 0.717) is 11.3 Å². The molecule has 2 N–H and O–H groups in total. The van der Waals surface area contributed by atoms with Crippen molar-refractivity contribution < 1.29 is 8.42 Å². The Balaban J connectivity index is 0.000000177. The minimum absolute atomic E-state index is 0.0366. The third-order valence-electron chi connectivity index (χ3n) is 4.43. The number of hydrogen-bond acceptors (Lipinski definition) is 6. The Morgan fingerprint density at radius 2 is 1.50 bits per heavy atom. The van der Waals surface area contributed by atoms with Gasteiger partial charge < -0.3 is 0 Å². The lowest BCUT2D eigenvalue weighted by Gasteiger charge is -2.01. The lowest BCUT2D eigenvalue weighted by atomic mass is 10.2. The molecule has 9 nitrogen and oxygen atoms in total. The Labute approximate surface area is 176 Å². The summed E-state index contributed by atoms with van der Waals surface area (Å²) in [5, 5.41) is 13.8. The van der Waals surface area contributed by atoms with Gasteiger partial charge in [-0.25, -0.2) is 32.6 Å². The van der Waals surface area contributed by atoms with Crippen LogP contribution < -0.4 is 5.14 Å². The molecule has 10 heteroatoms. The van der Waals surface area contributed by atoms with Crippen LogP contribution >= 0.6 is 0 Å². The Hall–Kier alpha value is -2.85. The van der Waals surface area contributed by atoms with Gasteiger partial charge in [-0.3, -0.25) is 0 Å². The van der Waals surface area contributed by atoms with E-state index in [1.807, 2.05) is 42.8 Å². The second-order valence-corrected chi connectivity index (χ2v) is 8.63. The van der Waals surface area contributed by atoms with Gasteiger partial charge in [0.1, 0.15) is 0 Å². The summed E-state index contributed by atoms with van der Waals surface area (Å²) in [6.45, 7) is 7.78. The summed E-state index contributed by atoms with van der Waals surface area (Å²) in [6.07, 6.45) is 5.85. The predicted octanol–water partition coefficient (Wildman–Crippen LogP) is 2.63. The number of imidazole rings is 2. The van der Waals surface area contributed by atoms with Crippen molar-refractivity contribution in [3.05, 3.63) is 53.2 Å². The SMILES string of the molecule is CCCc1ccc2nc(C)c(S(N)(=O)=O)n2n1.CCCc1ccc2nc(C)cn2n1. The number of aryl methyl sites for hydroxylation is 4. The van der Waals surface area contributed by atoms with Crippen LogP contribution in [-0.4, -0.2) is 37.6 Å². The van der Waals surface area contributed by atoms with Crippen molar-refractivity contribution >= 4 is 21.3 Å². The number of hydrogen-bond donors (Lipinski definition) is 1. The first-order chi connectivity index (χ1) is 14.2. The molecule has 4 aromatic rings. The number of fused-ring (bicyclic) bond motifs is 2. The molecule has 0 amide bonds. The van der Waals surface area contributed by atoms with Gasteiger partial charge in [0.05, 0.1) is 29.0 Å². The fraction of sp³-hybridized carbons (Fsp3) is 0.400. The van der Waals surface area contributed by atoms with Crippen molar-refractivity contribution in [3.63, 3.8) is 0 Å². The number of nitrogens with zero attached hydrogens (tertiary/aromatic N) is 6. The van der Waals surface area contributed by atoms with Gasteiger partial charge in [-0.1, -0.05) is 26.7 Å². The minimum Gasteiger partial charge on any atom is -0.232 e. The summed E-state index contributed by atoms with van der Waals surface area (Å²) in [4.78, 5) is 8.44. The number of sulfonamides is 1. The van der Waals surface area contributed by atoms with Crippen molar-refractivity contribution in [3.8, 4) is 0 Å². The van der Waals surface area contributed by atoms with Crippen molar-refractivity contribution in [1.82, 2.24) is 29.2 Å². The Bertz CT molecular complexity index is 1280. The average molecular weight is 430 g/mol. The van der Waals surface area contributed by atoms with Gasteiger partial charge >= 0.3 is 0 Å². The van der Waals surface area contributed by atoms with Crippen molar-refractivity contribution in [2.24, 2.45) is 5.14 Å². The molecular formula is C20H27N7O2S. The number of aromatic nitrogens is 6. The molecule has 0 atom stereocenters. The van der Waals surface area contributed by atoms with Gasteiger partial charge in [0.2, 0.25) is 0 Å². The third-order valence-corrected chi connectivity index (χ3v) is 5.44. The molecule has 4 heterocycles. The molecule has 0 aliphatic carbocycles. The molecule has 0 unspecified atom stereocenters. The monoisotopic (exact) mass is 429 g/mol. The van der Waals surface area contributed by atoms with Crippen LogP contribution in [0.1, 0.15) is 49.5 Å². The van der Waals surface area contributed by atoms with Crippen LogP contribution in [0.3, 0.4) is 0 Å². The first-order valence-corrected chi connectivity index (χ1v) is 11.5. The quantitative estimate of drug-likeness (QED) is 0.521. The van der Waals surface area contributed by atoms with Crippen molar-refractivity contribution in [1.29, 1.82) is 0 Å². The number of primary sulfonamides is 1. The zero-order chi connectivity index (χ0) is 21.9. The van der Waals surface area contributed by atoms with Gasteiger partial charge in [0.25, 0.3) is 10.0 Å². The fourth-order valence-electron chi connectivity index (χ4n) is 3.21. The molecule has 160 valence electrons. The molecule has 0 saturated heterocycles. The van der Waals surface area contributed by atoms with E-state index in [1.165, 1.54) is 4.52 Å². The molecule has 0 saturated carbocycles. The second-order valence-electron chi connectivity index (χ2n) is 7.15. The van der Waals surface area contributed by atoms with E-state index in [4.69, 9.17) is 5.14 Å². The summed E-state index contributed by atoms with van der Waals surface area (Å²) in [7, 11) is -3.81. The zero-order valence-electron chi connectivity index (χ0n) is 17.7. The molecule has 0 aliphatic rings. The Morgan fingerprint density at radius 3 is 2.10 bits per heavy atom. The molecule has 0 fully saturated rings. The van der Waals surface area contributed by atoms with Crippen LogP contribution in [0.15, 0.2) is 35.5 Å². The molecule has 4 aromatic heterocycles. The van der Waals surface area contributed by atoms with E-state index < -0.39 is 10.0 Å². The van der Waals surface area contributed by atoms with Gasteiger partial charge in [-0.05, 0) is 51.0 Å². The second kappa shape index (κ2) is 8.88.